The summed E-state index contributed by atoms with van der Waals surface area (Å²) >= 11 is 0. The monoisotopic (exact) mass is 587 g/mol. The minimum Gasteiger partial charge on any atom is -0.365 e. The Labute approximate surface area is 259 Å². The van der Waals surface area contributed by atoms with Gasteiger partial charge in [0.15, 0.2) is 0 Å². The summed E-state index contributed by atoms with van der Waals surface area (Å²) in [5.41, 5.74) is 3.80. The van der Waals surface area contributed by atoms with Crippen molar-refractivity contribution in [3.8, 4) is 0 Å². The second kappa shape index (κ2) is 14.5. The Hall–Kier alpha value is -4.26. The normalized spacial score (nSPS) is 14.4. The molecule has 0 unspecified atom stereocenters. The largest absolute Gasteiger partial charge is 0.365 e. The van der Waals surface area contributed by atoms with E-state index in [-0.39, 0.29) is 23.5 Å². The lowest BCUT2D eigenvalue weighted by Crippen LogP contribution is -2.41. The van der Waals surface area contributed by atoms with E-state index in [4.69, 9.17) is 4.74 Å². The van der Waals surface area contributed by atoms with Gasteiger partial charge in [-0.25, -0.2) is 4.79 Å². The minimum atomic E-state index is -0.214. The number of likely N-dealkylation sites (tertiary alicyclic amines) is 1. The van der Waals surface area contributed by atoms with Crippen molar-refractivity contribution in [1.82, 2.24) is 14.0 Å². The van der Waals surface area contributed by atoms with Crippen molar-refractivity contribution in [1.29, 1.82) is 0 Å². The average molecular weight is 588 g/mol. The Bertz CT molecular complexity index is 1700. The summed E-state index contributed by atoms with van der Waals surface area (Å²) in [5.74, 6) is 0. The van der Waals surface area contributed by atoms with Crippen LogP contribution in [0.25, 0.3) is 10.9 Å². The molecule has 1 fully saturated rings. The highest BCUT2D eigenvalue weighted by molar-refractivity contribution is 5.77. The summed E-state index contributed by atoms with van der Waals surface area (Å²) in [6.45, 7) is 3.98. The van der Waals surface area contributed by atoms with Crippen LogP contribution in [0.1, 0.15) is 48.5 Å². The van der Waals surface area contributed by atoms with Gasteiger partial charge in [-0.3, -0.25) is 13.9 Å². The fourth-order valence-corrected chi connectivity index (χ4v) is 6.34. The standard InChI is InChI=1S/C38H41N3O3/c42-37-34-20-10-11-21-35(34)40(38(43)41(37)29-22-30-14-4-1-5-15-30)26-13-12-25-39-27-23-33(24-28-39)44-36(31-16-6-2-7-17-31)32-18-8-3-9-19-32/h1-11,14-21,33,36H,12-13,22-29H2. The van der Waals surface area contributed by atoms with E-state index in [2.05, 4.69) is 53.4 Å². The van der Waals surface area contributed by atoms with Crippen LogP contribution in [0.15, 0.2) is 125 Å². The highest BCUT2D eigenvalue weighted by atomic mass is 16.5. The first kappa shape index (κ1) is 29.8. The summed E-state index contributed by atoms with van der Waals surface area (Å²) < 4.78 is 9.94. The number of hydrogen-bond acceptors (Lipinski definition) is 4. The first-order valence-electron chi connectivity index (χ1n) is 15.9. The molecule has 0 radical (unpaired) electrons. The molecule has 0 amide bonds. The van der Waals surface area contributed by atoms with Crippen molar-refractivity contribution < 1.29 is 4.74 Å². The van der Waals surface area contributed by atoms with Crippen LogP contribution in [0.3, 0.4) is 0 Å². The Kier molecular flexibility index (Phi) is 9.80. The quantitative estimate of drug-likeness (QED) is 0.157. The van der Waals surface area contributed by atoms with Gasteiger partial charge in [-0.2, -0.15) is 0 Å². The van der Waals surface area contributed by atoms with E-state index in [1.54, 1.807) is 4.57 Å². The molecular formula is C38H41N3O3. The third kappa shape index (κ3) is 7.09. The lowest BCUT2D eigenvalue weighted by molar-refractivity contribution is -0.0271. The molecule has 4 aromatic carbocycles. The number of ether oxygens (including phenoxy) is 1. The van der Waals surface area contributed by atoms with Gasteiger partial charge in [0.05, 0.1) is 17.0 Å². The molecule has 1 saturated heterocycles. The summed E-state index contributed by atoms with van der Waals surface area (Å²) in [5, 5.41) is 0.603. The molecular weight excluding hydrogens is 546 g/mol. The summed E-state index contributed by atoms with van der Waals surface area (Å²) in [4.78, 5) is 29.3. The van der Waals surface area contributed by atoms with Crippen molar-refractivity contribution in [2.75, 3.05) is 19.6 Å². The number of aryl methyl sites for hydroxylation is 2. The van der Waals surface area contributed by atoms with E-state index in [1.807, 2.05) is 66.7 Å². The fourth-order valence-electron chi connectivity index (χ4n) is 6.34. The van der Waals surface area contributed by atoms with E-state index in [9.17, 15) is 9.59 Å². The van der Waals surface area contributed by atoms with E-state index >= 15 is 0 Å². The van der Waals surface area contributed by atoms with Crippen LogP contribution in [0, 0.1) is 0 Å². The highest BCUT2D eigenvalue weighted by Crippen LogP contribution is 2.30. The third-order valence-corrected chi connectivity index (χ3v) is 8.77. The molecule has 0 aliphatic carbocycles. The van der Waals surface area contributed by atoms with Gasteiger partial charge in [0.2, 0.25) is 0 Å². The maximum Gasteiger partial charge on any atom is 0.331 e. The summed E-state index contributed by atoms with van der Waals surface area (Å²) in [6.07, 6.45) is 4.69. The van der Waals surface area contributed by atoms with E-state index < -0.39 is 0 Å². The molecule has 0 saturated carbocycles. The van der Waals surface area contributed by atoms with Crippen LogP contribution >= 0.6 is 0 Å². The number of nitrogens with zero attached hydrogens (tertiary/aromatic N) is 3. The number of unbranched alkanes of at least 4 members (excludes halogenated alkanes) is 1. The number of piperidine rings is 1. The number of benzene rings is 4. The smallest absolute Gasteiger partial charge is 0.331 e. The highest BCUT2D eigenvalue weighted by Gasteiger charge is 2.24. The molecule has 0 N–H and O–H groups in total. The number of aromatic nitrogens is 2. The van der Waals surface area contributed by atoms with Crippen molar-refractivity contribution >= 4 is 10.9 Å². The molecule has 2 heterocycles. The predicted molar refractivity (Wildman–Crippen MR) is 177 cm³/mol. The predicted octanol–water partition coefficient (Wildman–Crippen LogP) is 6.46. The lowest BCUT2D eigenvalue weighted by Gasteiger charge is -2.34. The van der Waals surface area contributed by atoms with E-state index in [1.165, 1.54) is 15.7 Å². The van der Waals surface area contributed by atoms with Crippen LogP contribution in [-0.2, 0) is 24.2 Å². The van der Waals surface area contributed by atoms with E-state index in [0.29, 0.717) is 24.9 Å². The molecule has 1 aliphatic heterocycles. The van der Waals surface area contributed by atoms with Crippen molar-refractivity contribution in [3.05, 3.63) is 153 Å². The molecule has 5 aromatic rings. The zero-order chi connectivity index (χ0) is 30.1. The summed E-state index contributed by atoms with van der Waals surface area (Å²) in [7, 11) is 0. The summed E-state index contributed by atoms with van der Waals surface area (Å²) in [6, 6.07) is 38.5. The molecule has 226 valence electrons. The second-order valence-electron chi connectivity index (χ2n) is 11.7. The van der Waals surface area contributed by atoms with Gasteiger partial charge in [0.25, 0.3) is 5.56 Å². The van der Waals surface area contributed by atoms with Crippen molar-refractivity contribution in [2.24, 2.45) is 0 Å². The van der Waals surface area contributed by atoms with Crippen molar-refractivity contribution in [3.63, 3.8) is 0 Å². The van der Waals surface area contributed by atoms with Gasteiger partial charge in [0, 0.05) is 26.2 Å². The van der Waals surface area contributed by atoms with Crippen LogP contribution in [0.2, 0.25) is 0 Å². The molecule has 1 aliphatic rings. The van der Waals surface area contributed by atoms with Gasteiger partial charge < -0.3 is 9.64 Å². The second-order valence-corrected chi connectivity index (χ2v) is 11.7. The molecule has 0 spiro atoms. The van der Waals surface area contributed by atoms with Gasteiger partial charge in [-0.1, -0.05) is 103 Å². The minimum absolute atomic E-state index is 0.0574. The molecule has 0 bridgehead atoms. The van der Waals surface area contributed by atoms with Gasteiger partial charge >= 0.3 is 5.69 Å². The Morgan fingerprint density at radius 1 is 0.636 bits per heavy atom. The number of fused-ring (bicyclic) bond motifs is 1. The SMILES string of the molecule is O=c1c2ccccc2n(CCCCN2CCC(OC(c3ccccc3)c3ccccc3)CC2)c(=O)n1CCc1ccccc1. The zero-order valence-electron chi connectivity index (χ0n) is 25.3. The van der Waals surface area contributed by atoms with Gasteiger partial charge in [-0.05, 0) is 67.5 Å². The molecule has 0 atom stereocenters. The van der Waals surface area contributed by atoms with Crippen LogP contribution in [0.4, 0.5) is 0 Å². The Balaban J connectivity index is 1.04. The average Bonchev–Trinajstić information content (AvgIpc) is 3.08. The maximum absolute atomic E-state index is 13.6. The topological polar surface area (TPSA) is 56.5 Å². The first-order chi connectivity index (χ1) is 21.7. The third-order valence-electron chi connectivity index (χ3n) is 8.77. The molecule has 6 rings (SSSR count). The Morgan fingerprint density at radius 2 is 1.20 bits per heavy atom. The van der Waals surface area contributed by atoms with Crippen LogP contribution < -0.4 is 11.2 Å². The van der Waals surface area contributed by atoms with Crippen LogP contribution in [-0.4, -0.2) is 39.8 Å². The number of para-hydroxylation sites is 1. The zero-order valence-corrected chi connectivity index (χ0v) is 25.3. The number of rotatable bonds is 12. The first-order valence-corrected chi connectivity index (χ1v) is 15.9. The van der Waals surface area contributed by atoms with Gasteiger partial charge in [-0.15, -0.1) is 0 Å². The molecule has 1 aromatic heterocycles. The lowest BCUT2D eigenvalue weighted by atomic mass is 10.00. The van der Waals surface area contributed by atoms with Crippen molar-refractivity contribution in [2.45, 2.75) is 57.4 Å². The molecule has 6 heteroatoms. The van der Waals surface area contributed by atoms with Gasteiger partial charge in [0.1, 0.15) is 6.10 Å². The fraction of sp³-hybridized carbons (Fsp3) is 0.316. The molecule has 44 heavy (non-hydrogen) atoms. The number of hydrogen-bond donors (Lipinski definition) is 0. The Morgan fingerprint density at radius 3 is 1.86 bits per heavy atom. The van der Waals surface area contributed by atoms with Crippen LogP contribution in [0.5, 0.6) is 0 Å². The molecule has 6 nitrogen and oxygen atoms in total. The maximum atomic E-state index is 13.6. The van der Waals surface area contributed by atoms with E-state index in [0.717, 1.165) is 56.4 Å².